The molecule has 0 aromatic carbocycles. The molecule has 4 heterocycles. The Morgan fingerprint density at radius 1 is 1.11 bits per heavy atom. The summed E-state index contributed by atoms with van der Waals surface area (Å²) in [6.07, 6.45) is 5.14. The highest BCUT2D eigenvalue weighted by Gasteiger charge is 2.13. The van der Waals surface area contributed by atoms with Gasteiger partial charge in [-0.15, -0.1) is 0 Å². The van der Waals surface area contributed by atoms with Gasteiger partial charge in [0.25, 0.3) is 0 Å². The minimum absolute atomic E-state index is 0.224. The SMILES string of the molecule is Cc1cc(-c2n[nH]c3cc(NC(=O)N[C@@H](C)c4ccccn4)ncc23)ccn1. The quantitative estimate of drug-likeness (QED) is 0.506. The van der Waals surface area contributed by atoms with Crippen LogP contribution in [-0.4, -0.2) is 31.2 Å². The number of aromatic amines is 1. The molecule has 0 aliphatic rings. The maximum atomic E-state index is 12.3. The molecule has 0 aliphatic carbocycles. The number of nitrogens with one attached hydrogen (secondary N) is 3. The monoisotopic (exact) mass is 373 g/mol. The van der Waals surface area contributed by atoms with E-state index in [1.807, 2.05) is 44.2 Å². The summed E-state index contributed by atoms with van der Waals surface area (Å²) in [5.74, 6) is 0.430. The fraction of sp³-hybridized carbons (Fsp3) is 0.150. The highest BCUT2D eigenvalue weighted by molar-refractivity contribution is 5.95. The maximum absolute atomic E-state index is 12.3. The Morgan fingerprint density at radius 2 is 2.00 bits per heavy atom. The molecular formula is C20H19N7O. The van der Waals surface area contributed by atoms with Crippen molar-refractivity contribution in [1.29, 1.82) is 0 Å². The number of aryl methyl sites for hydroxylation is 1. The first-order valence-electron chi connectivity index (χ1n) is 8.86. The average Bonchev–Trinajstić information content (AvgIpc) is 3.12. The summed E-state index contributed by atoms with van der Waals surface area (Å²) in [5, 5.41) is 13.8. The number of hydrogen-bond donors (Lipinski definition) is 3. The first kappa shape index (κ1) is 17.6. The third-order valence-electron chi connectivity index (χ3n) is 4.34. The summed E-state index contributed by atoms with van der Waals surface area (Å²) in [6, 6.07) is 10.6. The van der Waals surface area contributed by atoms with Crippen molar-refractivity contribution in [2.24, 2.45) is 0 Å². The molecule has 8 nitrogen and oxygen atoms in total. The molecule has 0 saturated carbocycles. The smallest absolute Gasteiger partial charge is 0.320 e. The number of pyridine rings is 3. The van der Waals surface area contributed by atoms with Crippen molar-refractivity contribution >= 4 is 22.8 Å². The van der Waals surface area contributed by atoms with E-state index < -0.39 is 0 Å². The zero-order chi connectivity index (χ0) is 19.5. The van der Waals surface area contributed by atoms with Crippen molar-refractivity contribution in [3.8, 4) is 11.3 Å². The Hall–Kier alpha value is -3.81. The van der Waals surface area contributed by atoms with Crippen molar-refractivity contribution in [3.05, 3.63) is 66.4 Å². The zero-order valence-corrected chi connectivity index (χ0v) is 15.5. The van der Waals surface area contributed by atoms with Crippen molar-refractivity contribution in [2.75, 3.05) is 5.32 Å². The average molecular weight is 373 g/mol. The van der Waals surface area contributed by atoms with E-state index in [4.69, 9.17) is 0 Å². The Bertz CT molecular complexity index is 1120. The fourth-order valence-corrected chi connectivity index (χ4v) is 2.95. The van der Waals surface area contributed by atoms with Crippen LogP contribution in [0.5, 0.6) is 0 Å². The lowest BCUT2D eigenvalue weighted by molar-refractivity contribution is 0.249. The van der Waals surface area contributed by atoms with E-state index in [0.717, 1.165) is 33.5 Å². The number of anilines is 1. The number of aromatic nitrogens is 5. The first-order chi connectivity index (χ1) is 13.6. The molecule has 8 heteroatoms. The molecule has 4 aromatic rings. The van der Waals surface area contributed by atoms with Crippen LogP contribution in [0, 0.1) is 6.92 Å². The third-order valence-corrected chi connectivity index (χ3v) is 4.34. The predicted octanol–water partition coefficient (Wildman–Crippen LogP) is 3.61. The largest absolute Gasteiger partial charge is 0.330 e. The Balaban J connectivity index is 1.50. The zero-order valence-electron chi connectivity index (χ0n) is 15.5. The van der Waals surface area contributed by atoms with E-state index in [-0.39, 0.29) is 12.1 Å². The lowest BCUT2D eigenvalue weighted by Crippen LogP contribution is -2.31. The number of fused-ring (bicyclic) bond motifs is 1. The van der Waals surface area contributed by atoms with Gasteiger partial charge in [-0.1, -0.05) is 6.07 Å². The molecule has 0 unspecified atom stereocenters. The molecule has 0 saturated heterocycles. The topological polar surface area (TPSA) is 108 Å². The second-order valence-corrected chi connectivity index (χ2v) is 6.45. The van der Waals surface area contributed by atoms with Gasteiger partial charge in [0.1, 0.15) is 11.5 Å². The standard InChI is InChI=1S/C20H19N7O/c1-12-9-14(6-8-21-12)19-15-11-23-18(10-17(15)26-27-19)25-20(28)24-13(2)16-5-3-4-7-22-16/h3-11,13H,1-2H3,(H,26,27)(H2,23,24,25,28)/t13-/m0/s1. The highest BCUT2D eigenvalue weighted by atomic mass is 16.2. The minimum Gasteiger partial charge on any atom is -0.330 e. The van der Waals surface area contributed by atoms with Crippen LogP contribution in [0.3, 0.4) is 0 Å². The highest BCUT2D eigenvalue weighted by Crippen LogP contribution is 2.27. The van der Waals surface area contributed by atoms with Crippen LogP contribution < -0.4 is 10.6 Å². The van der Waals surface area contributed by atoms with Crippen LogP contribution in [0.4, 0.5) is 10.6 Å². The summed E-state index contributed by atoms with van der Waals surface area (Å²) >= 11 is 0. The molecule has 28 heavy (non-hydrogen) atoms. The van der Waals surface area contributed by atoms with E-state index in [9.17, 15) is 4.79 Å². The van der Waals surface area contributed by atoms with Crippen molar-refractivity contribution in [3.63, 3.8) is 0 Å². The summed E-state index contributed by atoms with van der Waals surface area (Å²) in [6.45, 7) is 3.81. The van der Waals surface area contributed by atoms with Crippen LogP contribution in [0.2, 0.25) is 0 Å². The maximum Gasteiger partial charge on any atom is 0.320 e. The normalized spacial score (nSPS) is 11.9. The molecule has 1 atom stereocenters. The Morgan fingerprint density at radius 3 is 2.79 bits per heavy atom. The first-order valence-corrected chi connectivity index (χ1v) is 8.86. The summed E-state index contributed by atoms with van der Waals surface area (Å²) in [7, 11) is 0. The molecule has 3 N–H and O–H groups in total. The number of rotatable bonds is 4. The molecule has 4 aromatic heterocycles. The molecule has 4 rings (SSSR count). The van der Waals surface area contributed by atoms with Crippen LogP contribution in [-0.2, 0) is 0 Å². The number of carbonyl (C=O) groups excluding carboxylic acids is 1. The van der Waals surface area contributed by atoms with Crippen molar-refractivity contribution in [2.45, 2.75) is 19.9 Å². The van der Waals surface area contributed by atoms with Gasteiger partial charge in [0.05, 0.1) is 17.3 Å². The van der Waals surface area contributed by atoms with Gasteiger partial charge < -0.3 is 5.32 Å². The van der Waals surface area contributed by atoms with E-state index in [2.05, 4.69) is 35.8 Å². The Labute approximate surface area is 161 Å². The number of urea groups is 1. The van der Waals surface area contributed by atoms with Crippen LogP contribution in [0.25, 0.3) is 22.2 Å². The van der Waals surface area contributed by atoms with E-state index in [1.165, 1.54) is 0 Å². The van der Waals surface area contributed by atoms with Gasteiger partial charge in [-0.2, -0.15) is 5.10 Å². The molecule has 2 amide bonds. The summed E-state index contributed by atoms with van der Waals surface area (Å²) in [4.78, 5) is 25.1. The second-order valence-electron chi connectivity index (χ2n) is 6.45. The minimum atomic E-state index is -0.352. The number of hydrogen-bond acceptors (Lipinski definition) is 5. The van der Waals surface area contributed by atoms with Crippen LogP contribution in [0.1, 0.15) is 24.4 Å². The second kappa shape index (κ2) is 7.43. The van der Waals surface area contributed by atoms with Gasteiger partial charge in [0.15, 0.2) is 0 Å². The van der Waals surface area contributed by atoms with Crippen molar-refractivity contribution < 1.29 is 4.79 Å². The van der Waals surface area contributed by atoms with Crippen molar-refractivity contribution in [1.82, 2.24) is 30.5 Å². The van der Waals surface area contributed by atoms with Gasteiger partial charge in [0.2, 0.25) is 0 Å². The van der Waals surface area contributed by atoms with Gasteiger partial charge >= 0.3 is 6.03 Å². The Kier molecular flexibility index (Phi) is 4.67. The number of H-pyrrole nitrogens is 1. The van der Waals surface area contributed by atoms with Gasteiger partial charge in [-0.05, 0) is 38.1 Å². The van der Waals surface area contributed by atoms with Gasteiger partial charge in [-0.3, -0.25) is 20.4 Å². The summed E-state index contributed by atoms with van der Waals surface area (Å²) in [5.41, 5.74) is 4.24. The van der Waals surface area contributed by atoms with Crippen LogP contribution >= 0.6 is 0 Å². The summed E-state index contributed by atoms with van der Waals surface area (Å²) < 4.78 is 0. The molecule has 0 fully saturated rings. The molecule has 0 aliphatic heterocycles. The fourth-order valence-electron chi connectivity index (χ4n) is 2.95. The molecule has 140 valence electrons. The van der Waals surface area contributed by atoms with E-state index in [0.29, 0.717) is 5.82 Å². The van der Waals surface area contributed by atoms with E-state index >= 15 is 0 Å². The van der Waals surface area contributed by atoms with E-state index in [1.54, 1.807) is 24.7 Å². The van der Waals surface area contributed by atoms with Crippen LogP contribution in [0.15, 0.2) is 55.0 Å². The lowest BCUT2D eigenvalue weighted by atomic mass is 10.1. The number of nitrogens with zero attached hydrogens (tertiary/aromatic N) is 4. The predicted molar refractivity (Wildman–Crippen MR) is 107 cm³/mol. The van der Waals surface area contributed by atoms with Gasteiger partial charge in [-0.25, -0.2) is 9.78 Å². The molecular weight excluding hydrogens is 354 g/mol. The third kappa shape index (κ3) is 3.66. The van der Waals surface area contributed by atoms with Gasteiger partial charge in [0, 0.05) is 41.3 Å². The lowest BCUT2D eigenvalue weighted by Gasteiger charge is -2.13. The molecule has 0 radical (unpaired) electrons. The molecule has 0 bridgehead atoms. The molecule has 0 spiro atoms. The number of carbonyl (C=O) groups is 1. The number of amides is 2.